The van der Waals surface area contributed by atoms with Crippen LogP contribution < -0.4 is 16.0 Å². The molecule has 0 saturated carbocycles. The zero-order chi connectivity index (χ0) is 19.9. The number of thiocarbonyl (C=S) groups is 1. The van der Waals surface area contributed by atoms with Crippen molar-refractivity contribution in [1.82, 2.24) is 5.32 Å². The molecule has 1 aromatic carbocycles. The molecule has 28 heavy (non-hydrogen) atoms. The summed E-state index contributed by atoms with van der Waals surface area (Å²) in [5.41, 5.74) is 0.950. The molecule has 7 nitrogen and oxygen atoms in total. The number of rotatable bonds is 5. The first-order valence-corrected chi connectivity index (χ1v) is 8.78. The Bertz CT molecular complexity index is 1010. The normalized spacial score (nSPS) is 10.6. The molecule has 0 aliphatic rings. The number of nitrogens with one attached hydrogen (secondary N) is 3. The van der Waals surface area contributed by atoms with Gasteiger partial charge in [-0.2, -0.15) is 0 Å². The first kappa shape index (κ1) is 19.4. The minimum absolute atomic E-state index is 0.0949. The molecule has 3 rings (SSSR count). The minimum atomic E-state index is -0.418. The summed E-state index contributed by atoms with van der Waals surface area (Å²) in [6, 6.07) is 11.4. The summed E-state index contributed by atoms with van der Waals surface area (Å²) in [4.78, 5) is 23.8. The van der Waals surface area contributed by atoms with Gasteiger partial charge in [0.15, 0.2) is 10.9 Å². The Hall–Kier alpha value is -3.36. The van der Waals surface area contributed by atoms with Crippen LogP contribution in [0, 0.1) is 0 Å². The fraction of sp³-hybridized carbons (Fsp3) is 0. The number of furan rings is 2. The van der Waals surface area contributed by atoms with Crippen molar-refractivity contribution in [1.29, 1.82) is 0 Å². The Kier molecular flexibility index (Phi) is 6.25. The number of amides is 2. The number of halogens is 1. The van der Waals surface area contributed by atoms with Gasteiger partial charge in [0, 0.05) is 11.8 Å². The Morgan fingerprint density at radius 2 is 1.82 bits per heavy atom. The van der Waals surface area contributed by atoms with Crippen LogP contribution in [0.3, 0.4) is 0 Å². The van der Waals surface area contributed by atoms with E-state index in [1.807, 2.05) is 0 Å². The molecule has 2 heterocycles. The lowest BCUT2D eigenvalue weighted by molar-refractivity contribution is -0.115. The topological polar surface area (TPSA) is 96.5 Å². The van der Waals surface area contributed by atoms with Crippen LogP contribution in [0.25, 0.3) is 6.08 Å². The number of carbonyl (C=O) groups is 2. The summed E-state index contributed by atoms with van der Waals surface area (Å²) in [5, 5.41) is 8.37. The van der Waals surface area contributed by atoms with Crippen LogP contribution in [-0.2, 0) is 4.79 Å². The molecule has 142 valence electrons. The van der Waals surface area contributed by atoms with E-state index < -0.39 is 11.8 Å². The van der Waals surface area contributed by atoms with Gasteiger partial charge in [0.1, 0.15) is 5.76 Å². The summed E-state index contributed by atoms with van der Waals surface area (Å²) in [7, 11) is 0. The quantitative estimate of drug-likeness (QED) is 0.424. The van der Waals surface area contributed by atoms with Crippen LogP contribution in [-0.4, -0.2) is 16.9 Å². The predicted molar refractivity (Wildman–Crippen MR) is 110 cm³/mol. The zero-order valence-corrected chi connectivity index (χ0v) is 15.8. The van der Waals surface area contributed by atoms with E-state index in [1.54, 1.807) is 42.5 Å². The van der Waals surface area contributed by atoms with Crippen molar-refractivity contribution in [3.8, 4) is 0 Å². The van der Waals surface area contributed by atoms with Gasteiger partial charge in [0.2, 0.25) is 5.91 Å². The average molecular weight is 416 g/mol. The fourth-order valence-electron chi connectivity index (χ4n) is 2.15. The molecule has 3 aromatic rings. The van der Waals surface area contributed by atoms with Crippen LogP contribution in [0.1, 0.15) is 16.3 Å². The maximum Gasteiger partial charge on any atom is 0.291 e. The van der Waals surface area contributed by atoms with E-state index in [1.165, 1.54) is 24.7 Å². The molecule has 2 aromatic heterocycles. The van der Waals surface area contributed by atoms with Gasteiger partial charge in [-0.25, -0.2) is 0 Å². The molecule has 0 unspecified atom stereocenters. The van der Waals surface area contributed by atoms with Gasteiger partial charge in [-0.05, 0) is 60.8 Å². The number of carbonyl (C=O) groups excluding carboxylic acids is 2. The molecule has 0 bridgehead atoms. The van der Waals surface area contributed by atoms with E-state index in [9.17, 15) is 9.59 Å². The second-order valence-electron chi connectivity index (χ2n) is 5.42. The van der Waals surface area contributed by atoms with Crippen molar-refractivity contribution in [3.63, 3.8) is 0 Å². The van der Waals surface area contributed by atoms with Crippen molar-refractivity contribution >= 4 is 58.2 Å². The van der Waals surface area contributed by atoms with Crippen LogP contribution in [0.4, 0.5) is 11.4 Å². The Morgan fingerprint density at radius 1 is 1.04 bits per heavy atom. The molecular weight excluding hydrogens is 402 g/mol. The van der Waals surface area contributed by atoms with Gasteiger partial charge >= 0.3 is 0 Å². The third-order valence-corrected chi connectivity index (χ3v) is 3.92. The van der Waals surface area contributed by atoms with Crippen molar-refractivity contribution < 1.29 is 18.4 Å². The van der Waals surface area contributed by atoms with Gasteiger partial charge < -0.3 is 19.5 Å². The number of hydrogen-bond acceptors (Lipinski definition) is 5. The van der Waals surface area contributed by atoms with Crippen LogP contribution >= 0.6 is 23.8 Å². The highest BCUT2D eigenvalue weighted by atomic mass is 35.5. The van der Waals surface area contributed by atoms with Crippen LogP contribution in [0.2, 0.25) is 5.02 Å². The first-order valence-electron chi connectivity index (χ1n) is 7.99. The lowest BCUT2D eigenvalue weighted by atomic mass is 10.2. The minimum Gasteiger partial charge on any atom is -0.465 e. The highest BCUT2D eigenvalue weighted by molar-refractivity contribution is 7.80. The fourth-order valence-corrected chi connectivity index (χ4v) is 2.59. The SMILES string of the molecule is O=C(C=Cc1ccco1)NC(=S)Nc1ccc(NC(=O)c2ccco2)c(Cl)c1. The molecule has 0 atom stereocenters. The van der Waals surface area contributed by atoms with Gasteiger partial charge in [0.25, 0.3) is 5.91 Å². The van der Waals surface area contributed by atoms with E-state index in [0.29, 0.717) is 17.1 Å². The lowest BCUT2D eigenvalue weighted by Gasteiger charge is -2.11. The maximum absolute atomic E-state index is 12.0. The number of hydrogen-bond donors (Lipinski definition) is 3. The average Bonchev–Trinajstić information content (AvgIpc) is 3.36. The molecule has 0 spiro atoms. The van der Waals surface area contributed by atoms with Crippen molar-refractivity contribution in [2.45, 2.75) is 0 Å². The summed E-state index contributed by atoms with van der Waals surface area (Å²) < 4.78 is 10.1. The van der Waals surface area contributed by atoms with Gasteiger partial charge in [-0.15, -0.1) is 0 Å². The van der Waals surface area contributed by atoms with E-state index in [-0.39, 0.29) is 15.9 Å². The van der Waals surface area contributed by atoms with E-state index in [2.05, 4.69) is 16.0 Å². The van der Waals surface area contributed by atoms with Crippen LogP contribution in [0.5, 0.6) is 0 Å². The van der Waals surface area contributed by atoms with E-state index in [4.69, 9.17) is 32.7 Å². The highest BCUT2D eigenvalue weighted by Gasteiger charge is 2.11. The molecule has 0 aliphatic heterocycles. The standard InChI is InChI=1S/C19H14ClN3O4S/c20-14-11-12(5-7-15(14)22-18(25)16-4-2-10-27-16)21-19(28)23-17(24)8-6-13-3-1-9-26-13/h1-11H,(H,22,25)(H2,21,23,24,28). The van der Waals surface area contributed by atoms with Crippen molar-refractivity contribution in [2.24, 2.45) is 0 Å². The smallest absolute Gasteiger partial charge is 0.291 e. The van der Waals surface area contributed by atoms with Crippen molar-refractivity contribution in [2.75, 3.05) is 10.6 Å². The predicted octanol–water partition coefficient (Wildman–Crippen LogP) is 4.30. The van der Waals surface area contributed by atoms with Gasteiger partial charge in [-0.1, -0.05) is 11.6 Å². The Morgan fingerprint density at radius 3 is 2.50 bits per heavy atom. The molecule has 9 heteroatoms. The Balaban J connectivity index is 1.55. The first-order chi connectivity index (χ1) is 13.5. The second-order valence-corrected chi connectivity index (χ2v) is 6.23. The summed E-state index contributed by atoms with van der Waals surface area (Å²) >= 11 is 11.3. The van der Waals surface area contributed by atoms with Gasteiger partial charge in [0.05, 0.1) is 23.2 Å². The second kappa shape index (κ2) is 9.03. The van der Waals surface area contributed by atoms with Gasteiger partial charge in [-0.3, -0.25) is 14.9 Å². The molecule has 2 amide bonds. The summed E-state index contributed by atoms with van der Waals surface area (Å²) in [6.45, 7) is 0. The summed E-state index contributed by atoms with van der Waals surface area (Å²) in [6.07, 6.45) is 5.73. The molecule has 3 N–H and O–H groups in total. The molecular formula is C19H14ClN3O4S. The zero-order valence-electron chi connectivity index (χ0n) is 14.3. The monoisotopic (exact) mass is 415 g/mol. The molecule has 0 aliphatic carbocycles. The van der Waals surface area contributed by atoms with Crippen molar-refractivity contribution in [3.05, 3.63) is 77.6 Å². The molecule has 0 radical (unpaired) electrons. The van der Waals surface area contributed by atoms with E-state index in [0.717, 1.165) is 0 Å². The lowest BCUT2D eigenvalue weighted by Crippen LogP contribution is -2.32. The maximum atomic E-state index is 12.0. The van der Waals surface area contributed by atoms with E-state index >= 15 is 0 Å². The molecule has 0 saturated heterocycles. The number of anilines is 2. The summed E-state index contributed by atoms with van der Waals surface area (Å²) in [5.74, 6) is -0.112. The molecule has 0 fully saturated rings. The largest absolute Gasteiger partial charge is 0.465 e. The van der Waals surface area contributed by atoms with Crippen LogP contribution in [0.15, 0.2) is 69.9 Å². The third kappa shape index (κ3) is 5.32. The Labute approximate surface area is 170 Å². The third-order valence-electron chi connectivity index (χ3n) is 3.40. The highest BCUT2D eigenvalue weighted by Crippen LogP contribution is 2.26. The number of benzene rings is 1.